The van der Waals surface area contributed by atoms with Crippen molar-refractivity contribution in [1.29, 1.82) is 0 Å². The minimum Gasteiger partial charge on any atom is -0.459 e. The first-order valence-corrected chi connectivity index (χ1v) is 25.1. The van der Waals surface area contributed by atoms with E-state index in [2.05, 4.69) is 12.7 Å². The quantitative estimate of drug-likeness (QED) is 0.0282. The molecule has 0 saturated heterocycles. The molecule has 1 saturated carbocycles. The van der Waals surface area contributed by atoms with E-state index in [1.54, 1.807) is 30.3 Å². The van der Waals surface area contributed by atoms with Crippen molar-refractivity contribution >= 4 is 34.0 Å². The molecule has 2 N–H and O–H groups in total. The van der Waals surface area contributed by atoms with Crippen molar-refractivity contribution < 1.29 is 53.0 Å². The molecule has 3 aliphatic rings. The SMILES string of the molecule is C=CCO[C@@]12Oc3ccc(Oc4ccc5ccccc5c4)cc3[C@H]3[C@H](CCCCO)[C@@H](CCCCO)C=C(C(=NOCc4ccc([N+](=O)[O-])cc4)C[C@@H]1N(Cc1ccc(F)cc1)C(=O)Oc1ccc([N+](=O)[O-])cc1)[C@H]32. The Bertz CT molecular complexity index is 3080. The van der Waals surface area contributed by atoms with Gasteiger partial charge in [-0.3, -0.25) is 25.1 Å². The summed E-state index contributed by atoms with van der Waals surface area (Å²) in [7, 11) is 0. The lowest BCUT2D eigenvalue weighted by molar-refractivity contribution is -0.385. The van der Waals surface area contributed by atoms with Crippen molar-refractivity contribution in [2.75, 3.05) is 19.8 Å². The molecule has 16 nitrogen and oxygen atoms in total. The van der Waals surface area contributed by atoms with E-state index < -0.39 is 45.4 Å². The molecule has 6 atom stereocenters. The highest BCUT2D eigenvalue weighted by molar-refractivity contribution is 6.03. The van der Waals surface area contributed by atoms with Crippen molar-refractivity contribution in [3.63, 3.8) is 0 Å². The second kappa shape index (κ2) is 23.5. The third-order valence-electron chi connectivity index (χ3n) is 14.3. The number of carbonyl (C=O) groups is 1. The van der Waals surface area contributed by atoms with E-state index in [-0.39, 0.29) is 68.4 Å². The van der Waals surface area contributed by atoms with E-state index >= 15 is 4.79 Å². The Balaban J connectivity index is 1.24. The number of carbonyl (C=O) groups excluding carboxylic acids is 1. The molecule has 1 aliphatic heterocycles. The van der Waals surface area contributed by atoms with Crippen LogP contribution in [0.25, 0.3) is 10.8 Å². The third-order valence-corrected chi connectivity index (χ3v) is 14.3. The Labute approximate surface area is 432 Å². The molecule has 1 fully saturated rings. The Kier molecular flexibility index (Phi) is 16.2. The van der Waals surface area contributed by atoms with Crippen molar-refractivity contribution in [3.05, 3.63) is 201 Å². The number of halogens is 1. The normalized spacial score (nSPS) is 21.0. The van der Waals surface area contributed by atoms with Gasteiger partial charge in [-0.05, 0) is 132 Å². The maximum absolute atomic E-state index is 15.2. The van der Waals surface area contributed by atoms with Crippen LogP contribution in [-0.4, -0.2) is 68.4 Å². The van der Waals surface area contributed by atoms with Crippen molar-refractivity contribution in [3.8, 4) is 23.0 Å². The van der Waals surface area contributed by atoms with E-state index in [0.29, 0.717) is 72.6 Å². The average molecular weight is 1020 g/mol. The van der Waals surface area contributed by atoms with Crippen LogP contribution >= 0.6 is 0 Å². The standard InChI is InChI=1S/C58H57FN4O12/c1-2-31-71-58-54(61(36-38-13-18-43(59)19-14-38)57(66)74-46-25-22-45(23-26-46)63(69)70)35-52(60-72-37-39-15-20-44(21-16-39)62(67)68)50-33-42(11-5-7-29-64)49(12-6-8-30-65)55(56(50)58)51-34-48(27-28-53(51)75-58)73-47-24-17-40-9-3-4-10-41(40)32-47/h2-4,9-10,13-28,32-34,42,49,54-56,64-65H,1,5-8,11-12,29-31,35-37H2/t42-,49+,54-,55+,56+,58+/m0/s1. The minimum atomic E-state index is -1.73. The first kappa shape index (κ1) is 51.9. The fourth-order valence-corrected chi connectivity index (χ4v) is 10.9. The number of aliphatic hydroxyl groups excluding tert-OH is 2. The predicted molar refractivity (Wildman–Crippen MR) is 278 cm³/mol. The molecule has 6 aromatic rings. The van der Waals surface area contributed by atoms with Gasteiger partial charge in [0, 0.05) is 61.9 Å². The Morgan fingerprint density at radius 3 is 2.13 bits per heavy atom. The summed E-state index contributed by atoms with van der Waals surface area (Å²) >= 11 is 0. The van der Waals surface area contributed by atoms with Gasteiger partial charge in [-0.15, -0.1) is 6.58 Å². The fourth-order valence-electron chi connectivity index (χ4n) is 10.9. The maximum atomic E-state index is 15.2. The second-order valence-electron chi connectivity index (χ2n) is 19.0. The van der Waals surface area contributed by atoms with Crippen LogP contribution in [0, 0.1) is 43.8 Å². The van der Waals surface area contributed by atoms with Gasteiger partial charge in [0.25, 0.3) is 11.4 Å². The monoisotopic (exact) mass is 1020 g/mol. The van der Waals surface area contributed by atoms with E-state index in [9.17, 15) is 34.8 Å². The highest BCUT2D eigenvalue weighted by atomic mass is 19.1. The number of rotatable bonds is 22. The lowest BCUT2D eigenvalue weighted by Gasteiger charge is -2.59. The first-order chi connectivity index (χ1) is 36.5. The highest BCUT2D eigenvalue weighted by Gasteiger charge is 2.66. The highest BCUT2D eigenvalue weighted by Crippen LogP contribution is 2.62. The lowest BCUT2D eigenvalue weighted by Crippen LogP contribution is -2.70. The minimum absolute atomic E-state index is 0.00684. The van der Waals surface area contributed by atoms with E-state index in [1.165, 1.54) is 53.4 Å². The molecular formula is C58H57FN4O12. The van der Waals surface area contributed by atoms with Gasteiger partial charge in [-0.2, -0.15) is 0 Å². The lowest BCUT2D eigenvalue weighted by atomic mass is 9.55. The number of amides is 1. The van der Waals surface area contributed by atoms with Crippen LogP contribution < -0.4 is 14.2 Å². The van der Waals surface area contributed by atoms with Crippen molar-refractivity contribution in [1.82, 2.24) is 4.90 Å². The number of benzene rings is 6. The van der Waals surface area contributed by atoms with Crippen LogP contribution in [0.15, 0.2) is 163 Å². The van der Waals surface area contributed by atoms with Gasteiger partial charge in [0.05, 0.1) is 28.1 Å². The number of allylic oxidation sites excluding steroid dienone is 1. The topological polar surface area (TPSA) is 206 Å². The number of hydrogen-bond donors (Lipinski definition) is 2. The second-order valence-corrected chi connectivity index (χ2v) is 19.0. The molecule has 1 heterocycles. The summed E-state index contributed by atoms with van der Waals surface area (Å²) < 4.78 is 41.8. The van der Waals surface area contributed by atoms with Gasteiger partial charge in [0.1, 0.15) is 41.5 Å². The van der Waals surface area contributed by atoms with Gasteiger partial charge < -0.3 is 34.0 Å². The number of aliphatic hydroxyl groups is 2. The molecule has 6 aromatic carbocycles. The molecule has 0 aromatic heterocycles. The molecular weight excluding hydrogens is 964 g/mol. The molecule has 75 heavy (non-hydrogen) atoms. The Morgan fingerprint density at radius 2 is 1.44 bits per heavy atom. The smallest absolute Gasteiger partial charge is 0.416 e. The third kappa shape index (κ3) is 11.6. The zero-order valence-corrected chi connectivity index (χ0v) is 41.1. The molecule has 1 amide bonds. The van der Waals surface area contributed by atoms with E-state index in [0.717, 1.165) is 21.9 Å². The van der Waals surface area contributed by atoms with Gasteiger partial charge in [-0.25, -0.2) is 9.18 Å². The Morgan fingerprint density at radius 1 is 0.800 bits per heavy atom. The summed E-state index contributed by atoms with van der Waals surface area (Å²) in [5.74, 6) is -1.95. The number of oxime groups is 1. The number of nitrogens with zero attached hydrogens (tertiary/aromatic N) is 4. The van der Waals surface area contributed by atoms with Gasteiger partial charge in [0.2, 0.25) is 5.79 Å². The summed E-state index contributed by atoms with van der Waals surface area (Å²) in [4.78, 5) is 44.9. The number of ether oxygens (including phenoxy) is 4. The largest absolute Gasteiger partial charge is 0.459 e. The summed E-state index contributed by atoms with van der Waals surface area (Å²) in [5.41, 5.74) is 2.87. The Hall–Kier alpha value is -7.99. The maximum Gasteiger partial charge on any atom is 0.416 e. The first-order valence-electron chi connectivity index (χ1n) is 25.1. The average Bonchev–Trinajstić information content (AvgIpc) is 3.46. The summed E-state index contributed by atoms with van der Waals surface area (Å²) in [6.07, 6.45) is 6.74. The number of hydrogen-bond acceptors (Lipinski definition) is 13. The molecule has 17 heteroatoms. The summed E-state index contributed by atoms with van der Waals surface area (Å²) in [6, 6.07) is 35.2. The van der Waals surface area contributed by atoms with Crippen LogP contribution in [0.4, 0.5) is 20.6 Å². The number of unbranched alkanes of at least 4 members (excludes halogenated alkanes) is 2. The van der Waals surface area contributed by atoms with Crippen LogP contribution in [0.5, 0.6) is 23.0 Å². The molecule has 9 rings (SSSR count). The zero-order chi connectivity index (χ0) is 52.5. The number of fused-ring (bicyclic) bond motifs is 3. The molecule has 388 valence electrons. The van der Waals surface area contributed by atoms with Crippen LogP contribution in [0.1, 0.15) is 67.6 Å². The molecule has 0 radical (unpaired) electrons. The molecule has 0 unspecified atom stereocenters. The van der Waals surface area contributed by atoms with E-state index in [4.69, 9.17) is 28.9 Å². The van der Waals surface area contributed by atoms with Crippen LogP contribution in [-0.2, 0) is 22.7 Å². The van der Waals surface area contributed by atoms with Gasteiger partial charge >= 0.3 is 6.09 Å². The summed E-state index contributed by atoms with van der Waals surface area (Å²) in [6.45, 7) is 3.77. The zero-order valence-electron chi connectivity index (χ0n) is 41.1. The number of non-ortho nitro benzene ring substituents is 2. The van der Waals surface area contributed by atoms with Crippen LogP contribution in [0.2, 0.25) is 0 Å². The number of nitro benzene ring substituents is 2. The summed E-state index contributed by atoms with van der Waals surface area (Å²) in [5, 5.41) is 50.2. The molecule has 2 aliphatic carbocycles. The van der Waals surface area contributed by atoms with Crippen molar-refractivity contribution in [2.45, 2.75) is 75.8 Å². The number of nitro groups is 2. The molecule has 0 bridgehead atoms. The van der Waals surface area contributed by atoms with Gasteiger partial charge in [0.15, 0.2) is 0 Å². The predicted octanol–water partition coefficient (Wildman–Crippen LogP) is 12.1. The molecule has 0 spiro atoms. The van der Waals surface area contributed by atoms with E-state index in [1.807, 2.05) is 60.7 Å². The van der Waals surface area contributed by atoms with Crippen LogP contribution in [0.3, 0.4) is 0 Å². The fraction of sp³-hybridized carbons (Fsp3) is 0.310. The van der Waals surface area contributed by atoms with Gasteiger partial charge in [-0.1, -0.05) is 72.6 Å². The van der Waals surface area contributed by atoms with Crippen molar-refractivity contribution in [2.24, 2.45) is 22.9 Å².